The zero-order valence-corrected chi connectivity index (χ0v) is 12.1. The van der Waals surface area contributed by atoms with Crippen molar-refractivity contribution in [3.05, 3.63) is 48.0 Å². The van der Waals surface area contributed by atoms with Crippen LogP contribution in [-0.4, -0.2) is 43.6 Å². The predicted octanol–water partition coefficient (Wildman–Crippen LogP) is 1.75. The lowest BCUT2D eigenvalue weighted by Crippen LogP contribution is -2.40. The Morgan fingerprint density at radius 2 is 2.35 bits per heavy atom. The molecule has 2 aromatic heterocycles. The SMILES string of the molecule is Cn1cc([C@H]2CSCCN2C(=O)c2cccnc2)cn1. The Labute approximate surface area is 122 Å². The van der Waals surface area contributed by atoms with E-state index >= 15 is 0 Å². The molecule has 1 fully saturated rings. The molecule has 0 aromatic carbocycles. The molecule has 0 aliphatic carbocycles. The number of amides is 1. The lowest BCUT2D eigenvalue weighted by atomic mass is 10.1. The van der Waals surface area contributed by atoms with Crippen molar-refractivity contribution in [3.8, 4) is 0 Å². The van der Waals surface area contributed by atoms with E-state index in [1.165, 1.54) is 0 Å². The summed E-state index contributed by atoms with van der Waals surface area (Å²) in [6, 6.07) is 3.71. The van der Waals surface area contributed by atoms with Crippen molar-refractivity contribution >= 4 is 17.7 Å². The van der Waals surface area contributed by atoms with E-state index in [2.05, 4.69) is 10.1 Å². The van der Waals surface area contributed by atoms with Gasteiger partial charge < -0.3 is 4.90 Å². The van der Waals surface area contributed by atoms with Crippen LogP contribution in [-0.2, 0) is 7.05 Å². The molecule has 2 aromatic rings. The van der Waals surface area contributed by atoms with E-state index in [9.17, 15) is 4.79 Å². The molecule has 1 aliphatic rings. The number of carbonyl (C=O) groups excluding carboxylic acids is 1. The average Bonchev–Trinajstić information content (AvgIpc) is 2.94. The van der Waals surface area contributed by atoms with Crippen molar-refractivity contribution in [1.82, 2.24) is 19.7 Å². The monoisotopic (exact) mass is 288 g/mol. The van der Waals surface area contributed by atoms with Crippen LogP contribution in [0.3, 0.4) is 0 Å². The van der Waals surface area contributed by atoms with E-state index in [4.69, 9.17) is 0 Å². The number of pyridine rings is 1. The second kappa shape index (κ2) is 5.66. The minimum atomic E-state index is 0.0484. The standard InChI is InChI=1S/C14H16N4OS/c1-17-9-12(8-16-17)13-10-20-6-5-18(13)14(19)11-3-2-4-15-7-11/h2-4,7-9,13H,5-6,10H2,1H3/t13-/m1/s1. The molecule has 1 saturated heterocycles. The summed E-state index contributed by atoms with van der Waals surface area (Å²) in [6.45, 7) is 0.762. The van der Waals surface area contributed by atoms with E-state index in [0.29, 0.717) is 5.56 Å². The van der Waals surface area contributed by atoms with Gasteiger partial charge in [-0.1, -0.05) is 0 Å². The van der Waals surface area contributed by atoms with Gasteiger partial charge in [0, 0.05) is 49.3 Å². The molecule has 0 spiro atoms. The Morgan fingerprint density at radius 3 is 3.05 bits per heavy atom. The normalized spacial score (nSPS) is 19.1. The van der Waals surface area contributed by atoms with Crippen molar-refractivity contribution < 1.29 is 4.79 Å². The van der Waals surface area contributed by atoms with E-state index in [0.717, 1.165) is 23.6 Å². The minimum absolute atomic E-state index is 0.0484. The van der Waals surface area contributed by atoms with Crippen molar-refractivity contribution in [1.29, 1.82) is 0 Å². The van der Waals surface area contributed by atoms with Gasteiger partial charge in [-0.25, -0.2) is 0 Å². The Morgan fingerprint density at radius 1 is 1.45 bits per heavy atom. The van der Waals surface area contributed by atoms with Gasteiger partial charge in [0.25, 0.3) is 5.91 Å². The van der Waals surface area contributed by atoms with Crippen LogP contribution in [0.1, 0.15) is 22.0 Å². The largest absolute Gasteiger partial charge is 0.330 e. The molecule has 0 radical (unpaired) electrons. The number of aryl methyl sites for hydroxylation is 1. The maximum atomic E-state index is 12.6. The molecule has 5 nitrogen and oxygen atoms in total. The maximum absolute atomic E-state index is 12.6. The summed E-state index contributed by atoms with van der Waals surface area (Å²) in [5, 5.41) is 4.22. The van der Waals surface area contributed by atoms with E-state index < -0.39 is 0 Å². The number of nitrogens with zero attached hydrogens (tertiary/aromatic N) is 4. The highest BCUT2D eigenvalue weighted by molar-refractivity contribution is 7.99. The molecule has 0 N–H and O–H groups in total. The smallest absolute Gasteiger partial charge is 0.255 e. The molecule has 3 rings (SSSR count). The minimum Gasteiger partial charge on any atom is -0.330 e. The highest BCUT2D eigenvalue weighted by Crippen LogP contribution is 2.30. The first-order chi connectivity index (χ1) is 9.75. The molecule has 6 heteroatoms. The number of hydrogen-bond donors (Lipinski definition) is 0. The highest BCUT2D eigenvalue weighted by atomic mass is 32.2. The summed E-state index contributed by atoms with van der Waals surface area (Å²) >= 11 is 1.88. The summed E-state index contributed by atoms with van der Waals surface area (Å²) in [7, 11) is 1.90. The Hall–Kier alpha value is -1.82. The van der Waals surface area contributed by atoms with Gasteiger partial charge >= 0.3 is 0 Å². The molecule has 0 saturated carbocycles. The molecule has 0 bridgehead atoms. The molecule has 3 heterocycles. The fourth-order valence-corrected chi connectivity index (χ4v) is 3.48. The molecule has 1 aliphatic heterocycles. The maximum Gasteiger partial charge on any atom is 0.255 e. The first-order valence-electron chi connectivity index (χ1n) is 6.53. The lowest BCUT2D eigenvalue weighted by Gasteiger charge is -2.35. The van der Waals surface area contributed by atoms with Crippen molar-refractivity contribution in [2.24, 2.45) is 7.05 Å². The molecule has 20 heavy (non-hydrogen) atoms. The topological polar surface area (TPSA) is 51.0 Å². The summed E-state index contributed by atoms with van der Waals surface area (Å²) < 4.78 is 1.78. The van der Waals surface area contributed by atoms with Crippen molar-refractivity contribution in [3.63, 3.8) is 0 Å². The first kappa shape index (κ1) is 13.2. The van der Waals surface area contributed by atoms with E-state index in [1.807, 2.05) is 42.2 Å². The van der Waals surface area contributed by atoms with Gasteiger partial charge in [0.05, 0.1) is 17.8 Å². The number of carbonyl (C=O) groups is 1. The third-order valence-corrected chi connectivity index (χ3v) is 4.43. The van der Waals surface area contributed by atoms with E-state index in [-0.39, 0.29) is 11.9 Å². The number of rotatable bonds is 2. The third-order valence-electron chi connectivity index (χ3n) is 3.41. The Balaban J connectivity index is 1.87. The quantitative estimate of drug-likeness (QED) is 0.845. The van der Waals surface area contributed by atoms with Gasteiger partial charge in [0.15, 0.2) is 0 Å². The van der Waals surface area contributed by atoms with Crippen molar-refractivity contribution in [2.75, 3.05) is 18.1 Å². The number of hydrogen-bond acceptors (Lipinski definition) is 4. The second-order valence-corrected chi connectivity index (χ2v) is 5.93. The predicted molar refractivity (Wildman–Crippen MR) is 78.5 cm³/mol. The van der Waals surface area contributed by atoms with Crippen LogP contribution in [0, 0.1) is 0 Å². The fraction of sp³-hybridized carbons (Fsp3) is 0.357. The Bertz CT molecular complexity index is 598. The van der Waals surface area contributed by atoms with Crippen LogP contribution < -0.4 is 0 Å². The van der Waals surface area contributed by atoms with Crippen LogP contribution in [0.2, 0.25) is 0 Å². The number of thioether (sulfide) groups is 1. The third kappa shape index (κ3) is 2.56. The first-order valence-corrected chi connectivity index (χ1v) is 7.68. The lowest BCUT2D eigenvalue weighted by molar-refractivity contribution is 0.0701. The average molecular weight is 288 g/mol. The van der Waals surface area contributed by atoms with Gasteiger partial charge in [-0.05, 0) is 12.1 Å². The summed E-state index contributed by atoms with van der Waals surface area (Å²) in [5.74, 6) is 1.94. The van der Waals surface area contributed by atoms with Gasteiger partial charge in [-0.2, -0.15) is 16.9 Å². The van der Waals surface area contributed by atoms with Crippen molar-refractivity contribution in [2.45, 2.75) is 6.04 Å². The van der Waals surface area contributed by atoms with Crippen LogP contribution in [0.5, 0.6) is 0 Å². The van der Waals surface area contributed by atoms with Gasteiger partial charge in [0.2, 0.25) is 0 Å². The van der Waals surface area contributed by atoms with Gasteiger partial charge in [0.1, 0.15) is 0 Å². The zero-order valence-electron chi connectivity index (χ0n) is 11.3. The van der Waals surface area contributed by atoms with Gasteiger partial charge in [-0.15, -0.1) is 0 Å². The molecular formula is C14H16N4OS. The number of aromatic nitrogens is 3. The van der Waals surface area contributed by atoms with Crippen LogP contribution >= 0.6 is 11.8 Å². The zero-order chi connectivity index (χ0) is 13.9. The summed E-state index contributed by atoms with van der Waals surface area (Å²) in [4.78, 5) is 18.6. The molecule has 1 atom stereocenters. The highest BCUT2D eigenvalue weighted by Gasteiger charge is 2.29. The second-order valence-electron chi connectivity index (χ2n) is 4.78. The van der Waals surface area contributed by atoms with Crippen LogP contribution in [0.25, 0.3) is 0 Å². The molecule has 104 valence electrons. The molecule has 0 unspecified atom stereocenters. The van der Waals surface area contributed by atoms with E-state index in [1.54, 1.807) is 23.1 Å². The molecular weight excluding hydrogens is 272 g/mol. The summed E-state index contributed by atoms with van der Waals surface area (Å²) in [5.41, 5.74) is 1.74. The Kier molecular flexibility index (Phi) is 3.73. The van der Waals surface area contributed by atoms with Crippen LogP contribution in [0.4, 0.5) is 0 Å². The fourth-order valence-electron chi connectivity index (χ4n) is 2.39. The summed E-state index contributed by atoms with van der Waals surface area (Å²) in [6.07, 6.45) is 7.14. The van der Waals surface area contributed by atoms with Crippen LogP contribution in [0.15, 0.2) is 36.9 Å². The van der Waals surface area contributed by atoms with Gasteiger partial charge in [-0.3, -0.25) is 14.5 Å². The molecule has 1 amide bonds.